The van der Waals surface area contributed by atoms with E-state index in [-0.39, 0.29) is 18.2 Å². The largest absolute Gasteiger partial charge is 0.384 e. The van der Waals surface area contributed by atoms with E-state index in [2.05, 4.69) is 21.5 Å². The van der Waals surface area contributed by atoms with Crippen LogP contribution in [-0.4, -0.2) is 29.7 Å². The van der Waals surface area contributed by atoms with Gasteiger partial charge in [-0.05, 0) is 17.7 Å². The molecule has 2 N–H and O–H groups in total. The number of nitrogens with one attached hydrogen (secondary N) is 1. The van der Waals surface area contributed by atoms with Crippen molar-refractivity contribution in [2.45, 2.75) is 11.6 Å². The third-order valence-corrected chi connectivity index (χ3v) is 3.97. The molecule has 2 rings (SSSR count). The maximum absolute atomic E-state index is 12.0. The second-order valence-corrected chi connectivity index (χ2v) is 6.07. The van der Waals surface area contributed by atoms with Crippen LogP contribution in [0.25, 0.3) is 0 Å². The highest BCUT2D eigenvalue weighted by Gasteiger charge is 2.16. The van der Waals surface area contributed by atoms with Crippen molar-refractivity contribution in [1.29, 1.82) is 0 Å². The van der Waals surface area contributed by atoms with Crippen molar-refractivity contribution in [3.8, 4) is 11.8 Å². The summed E-state index contributed by atoms with van der Waals surface area (Å²) in [6.07, 6.45) is 2.87. The Balaban J connectivity index is 2.03. The number of aromatic nitrogens is 2. The molecule has 6 nitrogen and oxygen atoms in total. The van der Waals surface area contributed by atoms with Crippen LogP contribution in [0.1, 0.15) is 11.1 Å². The van der Waals surface area contributed by atoms with Gasteiger partial charge >= 0.3 is 0 Å². The van der Waals surface area contributed by atoms with E-state index >= 15 is 0 Å². The fraction of sp³-hybridized carbons (Fsp3) is 0.214. The minimum absolute atomic E-state index is 0.00423. The molecule has 7 heteroatoms. The van der Waals surface area contributed by atoms with Crippen molar-refractivity contribution in [2.24, 2.45) is 7.05 Å². The maximum atomic E-state index is 12.0. The fourth-order valence-corrected chi connectivity index (χ4v) is 2.62. The number of hydrogen-bond acceptors (Lipinski definition) is 4. The molecule has 2 aromatic rings. The van der Waals surface area contributed by atoms with Gasteiger partial charge in [-0.25, -0.2) is 18.1 Å². The van der Waals surface area contributed by atoms with Crippen LogP contribution in [0.15, 0.2) is 41.8 Å². The average Bonchev–Trinajstić information content (AvgIpc) is 2.91. The molecular weight excluding hydrogens is 290 g/mol. The number of nitrogens with zero attached hydrogens (tertiary/aromatic N) is 2. The van der Waals surface area contributed by atoms with Gasteiger partial charge < -0.3 is 9.67 Å². The van der Waals surface area contributed by atoms with Crippen molar-refractivity contribution in [3.63, 3.8) is 0 Å². The predicted octanol–water partition coefficient (Wildman–Crippen LogP) is 0.242. The molecule has 0 aliphatic rings. The SMILES string of the molecule is Cn1cnc(S(=O)(=O)NCc2ccc(C#CCO)cc2)c1. The maximum Gasteiger partial charge on any atom is 0.259 e. The Morgan fingerprint density at radius 2 is 2.05 bits per heavy atom. The van der Waals surface area contributed by atoms with Gasteiger partial charge in [-0.3, -0.25) is 0 Å². The number of benzene rings is 1. The number of aliphatic hydroxyl groups excluding tert-OH is 1. The van der Waals surface area contributed by atoms with E-state index in [1.165, 1.54) is 12.5 Å². The van der Waals surface area contributed by atoms with Crippen molar-refractivity contribution in [3.05, 3.63) is 47.9 Å². The first-order valence-corrected chi connectivity index (χ1v) is 7.66. The quantitative estimate of drug-likeness (QED) is 0.793. The molecule has 0 amide bonds. The lowest BCUT2D eigenvalue weighted by atomic mass is 10.1. The second kappa shape index (κ2) is 6.54. The van der Waals surface area contributed by atoms with Gasteiger partial charge in [0.25, 0.3) is 10.0 Å². The molecule has 21 heavy (non-hydrogen) atoms. The van der Waals surface area contributed by atoms with E-state index in [4.69, 9.17) is 5.11 Å². The summed E-state index contributed by atoms with van der Waals surface area (Å²) in [5, 5.41) is 8.60. The molecule has 0 bridgehead atoms. The van der Waals surface area contributed by atoms with E-state index < -0.39 is 10.0 Å². The van der Waals surface area contributed by atoms with Gasteiger partial charge in [0.05, 0.1) is 6.33 Å². The van der Waals surface area contributed by atoms with Crippen LogP contribution >= 0.6 is 0 Å². The highest BCUT2D eigenvalue weighted by molar-refractivity contribution is 7.89. The highest BCUT2D eigenvalue weighted by atomic mass is 32.2. The molecule has 0 aliphatic heterocycles. The van der Waals surface area contributed by atoms with Crippen molar-refractivity contribution >= 4 is 10.0 Å². The summed E-state index contributed by atoms with van der Waals surface area (Å²) in [7, 11) is -1.90. The van der Waals surface area contributed by atoms with Gasteiger partial charge in [-0.1, -0.05) is 24.0 Å². The van der Waals surface area contributed by atoms with Crippen LogP contribution < -0.4 is 4.72 Å². The van der Waals surface area contributed by atoms with Crippen molar-refractivity contribution in [2.75, 3.05) is 6.61 Å². The number of sulfonamides is 1. The van der Waals surface area contributed by atoms with Gasteiger partial charge in [-0.2, -0.15) is 0 Å². The van der Waals surface area contributed by atoms with Gasteiger partial charge in [0, 0.05) is 25.4 Å². The van der Waals surface area contributed by atoms with Crippen LogP contribution in [0.5, 0.6) is 0 Å². The molecule has 0 fully saturated rings. The zero-order valence-corrected chi connectivity index (χ0v) is 12.3. The Labute approximate surface area is 123 Å². The van der Waals surface area contributed by atoms with E-state index in [1.54, 1.807) is 35.9 Å². The number of aliphatic hydroxyl groups is 1. The highest BCUT2D eigenvalue weighted by Crippen LogP contribution is 2.07. The summed E-state index contributed by atoms with van der Waals surface area (Å²) in [5.41, 5.74) is 1.57. The molecule has 0 aliphatic carbocycles. The monoisotopic (exact) mass is 305 g/mol. The Morgan fingerprint density at radius 1 is 1.33 bits per heavy atom. The minimum Gasteiger partial charge on any atom is -0.384 e. The lowest BCUT2D eigenvalue weighted by molar-refractivity contribution is 0.350. The van der Waals surface area contributed by atoms with Crippen LogP contribution in [-0.2, 0) is 23.6 Å². The summed E-state index contributed by atoms with van der Waals surface area (Å²) in [6.45, 7) is -0.0156. The third kappa shape index (κ3) is 4.16. The topological polar surface area (TPSA) is 84.2 Å². The molecular formula is C14H15N3O3S. The van der Waals surface area contributed by atoms with Crippen LogP contribution in [0.3, 0.4) is 0 Å². The van der Waals surface area contributed by atoms with E-state index in [0.717, 1.165) is 11.1 Å². The van der Waals surface area contributed by atoms with Gasteiger partial charge in [0.2, 0.25) is 0 Å². The predicted molar refractivity (Wildman–Crippen MR) is 77.6 cm³/mol. The molecule has 1 heterocycles. The smallest absolute Gasteiger partial charge is 0.259 e. The van der Waals surface area contributed by atoms with Gasteiger partial charge in [0.1, 0.15) is 6.61 Å². The summed E-state index contributed by atoms with van der Waals surface area (Å²) >= 11 is 0. The fourth-order valence-electron chi connectivity index (χ4n) is 1.63. The first-order chi connectivity index (χ1) is 10.0. The first kappa shape index (κ1) is 15.3. The summed E-state index contributed by atoms with van der Waals surface area (Å²) in [4.78, 5) is 3.82. The Morgan fingerprint density at radius 3 is 2.62 bits per heavy atom. The molecule has 1 aromatic heterocycles. The van der Waals surface area contributed by atoms with E-state index in [9.17, 15) is 8.42 Å². The lowest BCUT2D eigenvalue weighted by Crippen LogP contribution is -2.23. The molecule has 0 atom stereocenters. The molecule has 0 saturated heterocycles. The minimum atomic E-state index is -3.60. The first-order valence-electron chi connectivity index (χ1n) is 6.17. The van der Waals surface area contributed by atoms with Crippen LogP contribution in [0, 0.1) is 11.8 Å². The Hall–Kier alpha value is -2.14. The summed E-state index contributed by atoms with van der Waals surface area (Å²) in [5.74, 6) is 5.32. The van der Waals surface area contributed by atoms with Crippen molar-refractivity contribution in [1.82, 2.24) is 14.3 Å². The normalized spacial score (nSPS) is 11.0. The molecule has 0 unspecified atom stereocenters. The van der Waals surface area contributed by atoms with Gasteiger partial charge in [0.15, 0.2) is 5.03 Å². The number of hydrogen-bond donors (Lipinski definition) is 2. The number of rotatable bonds is 4. The van der Waals surface area contributed by atoms with E-state index in [1.807, 2.05) is 0 Å². The number of imidazole rings is 1. The Bertz CT molecular complexity index is 768. The van der Waals surface area contributed by atoms with Crippen molar-refractivity contribution < 1.29 is 13.5 Å². The average molecular weight is 305 g/mol. The third-order valence-electron chi connectivity index (χ3n) is 2.69. The molecule has 0 spiro atoms. The molecule has 1 aromatic carbocycles. The Kier molecular flexibility index (Phi) is 4.75. The molecule has 0 radical (unpaired) electrons. The van der Waals surface area contributed by atoms with E-state index in [0.29, 0.717) is 0 Å². The zero-order chi connectivity index (χ0) is 15.3. The standard InChI is InChI=1S/C14H15N3O3S/c1-17-10-14(15-11-17)21(19,20)16-9-13-6-4-12(5-7-13)3-2-8-18/h4-7,10-11,16,18H,8-9H2,1H3. The van der Waals surface area contributed by atoms with Crippen LogP contribution in [0.4, 0.5) is 0 Å². The second-order valence-electron chi connectivity index (χ2n) is 4.36. The molecule has 110 valence electrons. The molecule has 0 saturated carbocycles. The lowest BCUT2D eigenvalue weighted by Gasteiger charge is -2.04. The summed E-state index contributed by atoms with van der Waals surface area (Å²) in [6, 6.07) is 7.10. The van der Waals surface area contributed by atoms with Crippen LogP contribution in [0.2, 0.25) is 0 Å². The van der Waals surface area contributed by atoms with Gasteiger partial charge in [-0.15, -0.1) is 0 Å². The summed E-state index contributed by atoms with van der Waals surface area (Å²) < 4.78 is 28.0. The number of aryl methyl sites for hydroxylation is 1. The zero-order valence-electron chi connectivity index (χ0n) is 11.4.